The zero-order chi connectivity index (χ0) is 22.4. The topological polar surface area (TPSA) is 103 Å². The third-order valence-electron chi connectivity index (χ3n) is 4.43. The van der Waals surface area contributed by atoms with E-state index >= 15 is 0 Å². The molecule has 0 unspecified atom stereocenters. The number of hydrogen-bond acceptors (Lipinski definition) is 8. The van der Waals surface area contributed by atoms with Crippen molar-refractivity contribution in [3.63, 3.8) is 0 Å². The molecule has 10 heteroatoms. The molecule has 2 aromatic heterocycles. The molecule has 0 saturated heterocycles. The van der Waals surface area contributed by atoms with Gasteiger partial charge in [0.1, 0.15) is 39.5 Å². The van der Waals surface area contributed by atoms with Gasteiger partial charge in [0.05, 0.1) is 24.3 Å². The molecule has 1 aromatic carbocycles. The summed E-state index contributed by atoms with van der Waals surface area (Å²) in [6, 6.07) is 4.11. The number of aromatic nitrogens is 2. The summed E-state index contributed by atoms with van der Waals surface area (Å²) in [5.74, 6) is -0.803. The zero-order valence-corrected chi connectivity index (χ0v) is 18.3. The van der Waals surface area contributed by atoms with Gasteiger partial charge in [0.2, 0.25) is 0 Å². The van der Waals surface area contributed by atoms with Gasteiger partial charge in [-0.25, -0.2) is 19.2 Å². The highest BCUT2D eigenvalue weighted by Crippen LogP contribution is 2.36. The Morgan fingerprint density at radius 1 is 1.23 bits per heavy atom. The molecule has 0 amide bonds. The summed E-state index contributed by atoms with van der Waals surface area (Å²) in [5.41, 5.74) is 1.03. The number of anilines is 2. The van der Waals surface area contributed by atoms with Gasteiger partial charge >= 0.3 is 5.97 Å². The predicted molar refractivity (Wildman–Crippen MR) is 116 cm³/mol. The van der Waals surface area contributed by atoms with Gasteiger partial charge in [-0.15, -0.1) is 11.3 Å². The molecule has 2 N–H and O–H groups in total. The van der Waals surface area contributed by atoms with E-state index in [2.05, 4.69) is 15.3 Å². The van der Waals surface area contributed by atoms with E-state index in [1.165, 1.54) is 24.5 Å². The van der Waals surface area contributed by atoms with Crippen molar-refractivity contribution in [2.24, 2.45) is 0 Å². The molecule has 8 nitrogen and oxygen atoms in total. The maximum absolute atomic E-state index is 14.0. The molecule has 2 heterocycles. The lowest BCUT2D eigenvalue weighted by atomic mass is 10.2. The Hall–Kier alpha value is -2.82. The lowest BCUT2D eigenvalue weighted by Gasteiger charge is -2.21. The number of aromatic carboxylic acids is 1. The molecule has 3 rings (SSSR count). The molecule has 0 saturated carbocycles. The fourth-order valence-corrected chi connectivity index (χ4v) is 3.98. The average molecular weight is 450 g/mol. The van der Waals surface area contributed by atoms with E-state index in [0.29, 0.717) is 40.5 Å². The standard InChI is InChI=1S/C21H24FN3O5S/c1-4-28-9-14(10-29-5-2)30-16-8-13(22)6-7-15(16)25-19-17-12(3)18(21(26)27)31-20(17)24-11-23-19/h6-8,11,14H,4-5,9-10H2,1-3H3,(H,26,27)(H,23,24,25). The van der Waals surface area contributed by atoms with Gasteiger partial charge < -0.3 is 24.6 Å². The number of ether oxygens (including phenoxy) is 3. The van der Waals surface area contributed by atoms with E-state index in [1.807, 2.05) is 13.8 Å². The van der Waals surface area contributed by atoms with Crippen LogP contribution in [0.2, 0.25) is 0 Å². The highest BCUT2D eigenvalue weighted by Gasteiger charge is 2.20. The number of thiophene rings is 1. The Kier molecular flexibility index (Phi) is 7.72. The lowest BCUT2D eigenvalue weighted by Crippen LogP contribution is -2.29. The molecule has 0 aliphatic rings. The van der Waals surface area contributed by atoms with Crippen molar-refractivity contribution in [1.82, 2.24) is 9.97 Å². The van der Waals surface area contributed by atoms with Crippen LogP contribution < -0.4 is 10.1 Å². The van der Waals surface area contributed by atoms with Gasteiger partial charge in [-0.2, -0.15) is 0 Å². The van der Waals surface area contributed by atoms with Crippen LogP contribution in [-0.4, -0.2) is 53.6 Å². The van der Waals surface area contributed by atoms with Crippen LogP contribution in [0.5, 0.6) is 5.75 Å². The van der Waals surface area contributed by atoms with E-state index in [9.17, 15) is 14.3 Å². The predicted octanol–water partition coefficient (Wildman–Crippen LogP) is 4.40. The minimum absolute atomic E-state index is 0.197. The first kappa shape index (κ1) is 22.9. The number of aryl methyl sites for hydroxylation is 1. The number of nitrogens with one attached hydrogen (secondary N) is 1. The zero-order valence-electron chi connectivity index (χ0n) is 17.5. The molecular weight excluding hydrogens is 425 g/mol. The van der Waals surface area contributed by atoms with Crippen LogP contribution in [0.25, 0.3) is 10.2 Å². The SMILES string of the molecule is CCOCC(COCC)Oc1cc(F)ccc1Nc1ncnc2sc(C(=O)O)c(C)c12. The summed E-state index contributed by atoms with van der Waals surface area (Å²) in [6.45, 7) is 7.07. The maximum Gasteiger partial charge on any atom is 0.346 e. The number of carboxylic acid groups (broad SMARTS) is 1. The molecule has 0 aliphatic carbocycles. The normalized spacial score (nSPS) is 11.3. The molecule has 3 aromatic rings. The van der Waals surface area contributed by atoms with Crippen LogP contribution in [0.15, 0.2) is 24.5 Å². The number of halogens is 1. The van der Waals surface area contributed by atoms with Gasteiger partial charge in [-0.1, -0.05) is 0 Å². The fourth-order valence-electron chi connectivity index (χ4n) is 2.99. The number of nitrogens with zero attached hydrogens (tertiary/aromatic N) is 2. The first-order chi connectivity index (χ1) is 14.9. The van der Waals surface area contributed by atoms with Crippen molar-refractivity contribution in [2.45, 2.75) is 26.9 Å². The minimum Gasteiger partial charge on any atom is -0.483 e. The van der Waals surface area contributed by atoms with E-state index in [-0.39, 0.29) is 23.8 Å². The van der Waals surface area contributed by atoms with Crippen molar-refractivity contribution in [2.75, 3.05) is 31.7 Å². The number of rotatable bonds is 11. The van der Waals surface area contributed by atoms with Crippen molar-refractivity contribution < 1.29 is 28.5 Å². The second-order valence-electron chi connectivity index (χ2n) is 6.59. The molecular formula is C21H24FN3O5S. The molecule has 0 fully saturated rings. The van der Waals surface area contributed by atoms with Gasteiger partial charge in [0.25, 0.3) is 0 Å². The van der Waals surface area contributed by atoms with E-state index in [1.54, 1.807) is 6.92 Å². The first-order valence-corrected chi connectivity index (χ1v) is 10.6. The van der Waals surface area contributed by atoms with Crippen molar-refractivity contribution >= 4 is 39.0 Å². The summed E-state index contributed by atoms with van der Waals surface area (Å²) in [4.78, 5) is 20.7. The van der Waals surface area contributed by atoms with Crippen LogP contribution in [0.4, 0.5) is 15.9 Å². The van der Waals surface area contributed by atoms with Crippen LogP contribution in [0.3, 0.4) is 0 Å². The van der Waals surface area contributed by atoms with Crippen LogP contribution in [0.1, 0.15) is 29.1 Å². The van der Waals surface area contributed by atoms with E-state index in [4.69, 9.17) is 14.2 Å². The fraction of sp³-hybridized carbons (Fsp3) is 0.381. The van der Waals surface area contributed by atoms with Gasteiger partial charge in [-0.3, -0.25) is 0 Å². The molecule has 31 heavy (non-hydrogen) atoms. The molecule has 0 atom stereocenters. The second kappa shape index (κ2) is 10.5. The van der Waals surface area contributed by atoms with E-state index < -0.39 is 17.9 Å². The Bertz CT molecular complexity index is 1050. The third-order valence-corrected chi connectivity index (χ3v) is 5.61. The maximum atomic E-state index is 14.0. The second-order valence-corrected chi connectivity index (χ2v) is 7.59. The van der Waals surface area contributed by atoms with Gasteiger partial charge in [0.15, 0.2) is 0 Å². The number of fused-ring (bicyclic) bond motifs is 1. The highest BCUT2D eigenvalue weighted by atomic mass is 32.1. The summed E-state index contributed by atoms with van der Waals surface area (Å²) in [6.07, 6.45) is 0.915. The minimum atomic E-state index is -1.02. The quantitative estimate of drug-likeness (QED) is 0.444. The largest absolute Gasteiger partial charge is 0.483 e. The number of hydrogen-bond donors (Lipinski definition) is 2. The third kappa shape index (κ3) is 5.46. The summed E-state index contributed by atoms with van der Waals surface area (Å²) < 4.78 is 30.9. The molecule has 0 radical (unpaired) electrons. The monoisotopic (exact) mass is 449 g/mol. The average Bonchev–Trinajstić information content (AvgIpc) is 3.09. The van der Waals surface area contributed by atoms with Crippen LogP contribution in [0, 0.1) is 12.7 Å². The summed E-state index contributed by atoms with van der Waals surface area (Å²) in [5, 5.41) is 13.2. The van der Waals surface area contributed by atoms with Crippen molar-refractivity contribution in [3.05, 3.63) is 40.8 Å². The Morgan fingerprint density at radius 3 is 2.58 bits per heavy atom. The summed E-state index contributed by atoms with van der Waals surface area (Å²) >= 11 is 1.08. The first-order valence-electron chi connectivity index (χ1n) is 9.80. The number of carboxylic acids is 1. The van der Waals surface area contributed by atoms with Gasteiger partial charge in [0, 0.05) is 19.3 Å². The van der Waals surface area contributed by atoms with Gasteiger partial charge in [-0.05, 0) is 38.5 Å². The molecule has 0 spiro atoms. The van der Waals surface area contributed by atoms with E-state index in [0.717, 1.165) is 11.3 Å². The van der Waals surface area contributed by atoms with Crippen LogP contribution in [-0.2, 0) is 9.47 Å². The van der Waals surface area contributed by atoms with Crippen molar-refractivity contribution in [3.8, 4) is 5.75 Å². The van der Waals surface area contributed by atoms with Crippen LogP contribution >= 0.6 is 11.3 Å². The number of benzene rings is 1. The lowest BCUT2D eigenvalue weighted by molar-refractivity contribution is -0.0000492. The number of carbonyl (C=O) groups is 1. The smallest absolute Gasteiger partial charge is 0.346 e. The molecule has 0 bridgehead atoms. The van der Waals surface area contributed by atoms with Crippen molar-refractivity contribution in [1.29, 1.82) is 0 Å². The highest BCUT2D eigenvalue weighted by molar-refractivity contribution is 7.20. The summed E-state index contributed by atoms with van der Waals surface area (Å²) in [7, 11) is 0. The molecule has 0 aliphatic heterocycles. The Labute approximate surface area is 183 Å². The Balaban J connectivity index is 1.94. The molecule has 166 valence electrons. The Morgan fingerprint density at radius 2 is 1.94 bits per heavy atom.